The van der Waals surface area contributed by atoms with E-state index in [2.05, 4.69) is 10.3 Å². The summed E-state index contributed by atoms with van der Waals surface area (Å²) in [6, 6.07) is 10.1. The molecule has 1 N–H and O–H groups in total. The number of nitrogens with one attached hydrogen (secondary N) is 1. The molecule has 0 spiro atoms. The molecule has 1 aliphatic heterocycles. The molecule has 0 unspecified atom stereocenters. The zero-order valence-corrected chi connectivity index (χ0v) is 17.2. The molecule has 1 aromatic heterocycles. The van der Waals surface area contributed by atoms with Crippen LogP contribution in [0.1, 0.15) is 12.0 Å². The van der Waals surface area contributed by atoms with Gasteiger partial charge in [-0.2, -0.15) is 9.57 Å². The van der Waals surface area contributed by atoms with Gasteiger partial charge in [0.15, 0.2) is 0 Å². The number of aromatic nitrogens is 1. The van der Waals surface area contributed by atoms with Gasteiger partial charge in [-0.25, -0.2) is 8.42 Å². The van der Waals surface area contributed by atoms with Gasteiger partial charge in [0, 0.05) is 26.3 Å². The normalized spacial score (nSPS) is 19.2. The standard InChI is InChI=1S/C20H22N4O5S/c1-28-10-9-23-20(25)19-11-17(29-16-3-2-8-22-13-16)14-24(19)30(26,27)18-6-4-15(12-21)5-7-18/h2-8,13,17,19H,9-11,14H2,1H3,(H,23,25)/t17-,19-/m0/s1. The molecule has 10 heteroatoms. The number of hydrogen-bond donors (Lipinski definition) is 1. The Kier molecular flexibility index (Phi) is 6.99. The lowest BCUT2D eigenvalue weighted by Crippen LogP contribution is -2.46. The average Bonchev–Trinajstić information content (AvgIpc) is 3.19. The van der Waals surface area contributed by atoms with Gasteiger partial charge in [0.25, 0.3) is 0 Å². The number of carbonyl (C=O) groups excluding carboxylic acids is 1. The molecule has 158 valence electrons. The number of rotatable bonds is 8. The van der Waals surface area contributed by atoms with Crippen LogP contribution < -0.4 is 10.1 Å². The number of ether oxygens (including phenoxy) is 2. The Morgan fingerprint density at radius 1 is 1.33 bits per heavy atom. The largest absolute Gasteiger partial charge is 0.487 e. The van der Waals surface area contributed by atoms with E-state index in [1.165, 1.54) is 37.6 Å². The van der Waals surface area contributed by atoms with Crippen molar-refractivity contribution < 1.29 is 22.7 Å². The number of carbonyl (C=O) groups is 1. The van der Waals surface area contributed by atoms with E-state index in [0.717, 1.165) is 4.31 Å². The molecule has 1 amide bonds. The summed E-state index contributed by atoms with van der Waals surface area (Å²) in [5, 5.41) is 11.6. The number of benzene rings is 1. The molecule has 0 bridgehead atoms. The van der Waals surface area contributed by atoms with Crippen LogP contribution in [0.5, 0.6) is 5.75 Å². The quantitative estimate of drug-likeness (QED) is 0.618. The first-order valence-electron chi connectivity index (χ1n) is 9.31. The first-order chi connectivity index (χ1) is 14.5. The summed E-state index contributed by atoms with van der Waals surface area (Å²) >= 11 is 0. The number of sulfonamides is 1. The van der Waals surface area contributed by atoms with Gasteiger partial charge < -0.3 is 14.8 Å². The van der Waals surface area contributed by atoms with Crippen molar-refractivity contribution in [2.24, 2.45) is 0 Å². The predicted octanol–water partition coefficient (Wildman–Crippen LogP) is 0.926. The van der Waals surface area contributed by atoms with E-state index < -0.39 is 28.1 Å². The van der Waals surface area contributed by atoms with Crippen molar-refractivity contribution in [2.45, 2.75) is 23.5 Å². The molecular weight excluding hydrogens is 408 g/mol. The molecule has 1 aromatic carbocycles. The van der Waals surface area contributed by atoms with Crippen molar-refractivity contribution in [1.82, 2.24) is 14.6 Å². The molecule has 2 aromatic rings. The lowest BCUT2D eigenvalue weighted by molar-refractivity contribution is -0.124. The summed E-state index contributed by atoms with van der Waals surface area (Å²) < 4.78 is 38.4. The number of amides is 1. The molecule has 9 nitrogen and oxygen atoms in total. The van der Waals surface area contributed by atoms with Crippen LogP contribution in [0.2, 0.25) is 0 Å². The molecule has 0 aliphatic carbocycles. The fraction of sp³-hybridized carbons (Fsp3) is 0.350. The van der Waals surface area contributed by atoms with Crippen LogP contribution in [0.15, 0.2) is 53.7 Å². The average molecular weight is 430 g/mol. The maximum atomic E-state index is 13.2. The Bertz CT molecular complexity index is 1010. The number of nitrogens with zero attached hydrogens (tertiary/aromatic N) is 3. The highest BCUT2D eigenvalue weighted by molar-refractivity contribution is 7.89. The van der Waals surface area contributed by atoms with Crippen LogP contribution in [0.25, 0.3) is 0 Å². The van der Waals surface area contributed by atoms with E-state index in [1.54, 1.807) is 18.3 Å². The van der Waals surface area contributed by atoms with Gasteiger partial charge in [0.2, 0.25) is 15.9 Å². The Labute approximate surface area is 175 Å². The van der Waals surface area contributed by atoms with E-state index in [9.17, 15) is 13.2 Å². The minimum atomic E-state index is -3.98. The van der Waals surface area contributed by atoms with Crippen molar-refractivity contribution in [2.75, 3.05) is 26.8 Å². The molecule has 0 radical (unpaired) electrons. The van der Waals surface area contributed by atoms with Crippen LogP contribution in [0.3, 0.4) is 0 Å². The third kappa shape index (κ3) is 4.94. The lowest BCUT2D eigenvalue weighted by atomic mass is 10.2. The molecule has 1 saturated heterocycles. The summed E-state index contributed by atoms with van der Waals surface area (Å²) in [6.07, 6.45) is 2.82. The second kappa shape index (κ2) is 9.67. The van der Waals surface area contributed by atoms with Gasteiger partial charge in [-0.1, -0.05) is 0 Å². The van der Waals surface area contributed by atoms with Crippen LogP contribution in [-0.4, -0.2) is 62.6 Å². The Hall–Kier alpha value is -3.00. The van der Waals surface area contributed by atoms with Crippen LogP contribution in [0, 0.1) is 11.3 Å². The molecule has 2 atom stereocenters. The van der Waals surface area contributed by atoms with Crippen molar-refractivity contribution in [3.8, 4) is 11.8 Å². The van der Waals surface area contributed by atoms with Crippen molar-refractivity contribution in [3.05, 3.63) is 54.4 Å². The number of nitriles is 1. The monoisotopic (exact) mass is 430 g/mol. The van der Waals surface area contributed by atoms with Crippen LogP contribution in [-0.2, 0) is 19.6 Å². The molecular formula is C20H22N4O5S. The minimum Gasteiger partial charge on any atom is -0.487 e. The number of hydrogen-bond acceptors (Lipinski definition) is 7. The van der Waals surface area contributed by atoms with Crippen LogP contribution in [0.4, 0.5) is 0 Å². The van der Waals surface area contributed by atoms with Crippen molar-refractivity contribution in [1.29, 1.82) is 5.26 Å². The summed E-state index contributed by atoms with van der Waals surface area (Å²) in [5.41, 5.74) is 0.349. The van der Waals surface area contributed by atoms with E-state index in [1.807, 2.05) is 6.07 Å². The summed E-state index contributed by atoms with van der Waals surface area (Å²) in [6.45, 7) is 0.598. The van der Waals surface area contributed by atoms with Gasteiger partial charge in [-0.05, 0) is 36.4 Å². The summed E-state index contributed by atoms with van der Waals surface area (Å²) in [7, 11) is -2.46. The zero-order valence-electron chi connectivity index (χ0n) is 16.4. The SMILES string of the molecule is COCCNC(=O)[C@@H]1C[C@H](Oc2cccnc2)CN1S(=O)(=O)c1ccc(C#N)cc1. The molecule has 1 aliphatic rings. The van der Waals surface area contributed by atoms with E-state index >= 15 is 0 Å². The maximum Gasteiger partial charge on any atom is 0.243 e. The fourth-order valence-electron chi connectivity index (χ4n) is 3.20. The smallest absolute Gasteiger partial charge is 0.243 e. The fourth-order valence-corrected chi connectivity index (χ4v) is 4.83. The van der Waals surface area contributed by atoms with Crippen molar-refractivity contribution in [3.63, 3.8) is 0 Å². The van der Waals surface area contributed by atoms with Gasteiger partial charge in [0.05, 0.1) is 35.9 Å². The second-order valence-corrected chi connectivity index (χ2v) is 8.57. The first kappa shape index (κ1) is 21.7. The first-order valence-corrected chi connectivity index (χ1v) is 10.7. The lowest BCUT2D eigenvalue weighted by Gasteiger charge is -2.23. The highest BCUT2D eigenvalue weighted by atomic mass is 32.2. The third-order valence-corrected chi connectivity index (χ3v) is 6.54. The molecule has 2 heterocycles. The van der Waals surface area contributed by atoms with E-state index in [-0.39, 0.29) is 24.4 Å². The Balaban J connectivity index is 1.84. The van der Waals surface area contributed by atoms with Gasteiger partial charge >= 0.3 is 0 Å². The van der Waals surface area contributed by atoms with Crippen molar-refractivity contribution >= 4 is 15.9 Å². The minimum absolute atomic E-state index is 0.0122. The maximum absolute atomic E-state index is 13.2. The van der Waals surface area contributed by atoms with Gasteiger partial charge in [0.1, 0.15) is 17.9 Å². The zero-order chi connectivity index (χ0) is 21.6. The summed E-state index contributed by atoms with van der Waals surface area (Å²) in [5.74, 6) is 0.0835. The summed E-state index contributed by atoms with van der Waals surface area (Å²) in [4.78, 5) is 16.7. The third-order valence-electron chi connectivity index (χ3n) is 4.65. The molecule has 3 rings (SSSR count). The van der Waals surface area contributed by atoms with Crippen LogP contribution >= 0.6 is 0 Å². The topological polar surface area (TPSA) is 122 Å². The number of pyridine rings is 1. The number of methoxy groups -OCH3 is 1. The predicted molar refractivity (Wildman–Crippen MR) is 107 cm³/mol. The van der Waals surface area contributed by atoms with E-state index in [4.69, 9.17) is 14.7 Å². The molecule has 30 heavy (non-hydrogen) atoms. The molecule has 1 fully saturated rings. The van der Waals surface area contributed by atoms with E-state index in [0.29, 0.717) is 17.9 Å². The highest BCUT2D eigenvalue weighted by Gasteiger charge is 2.44. The highest BCUT2D eigenvalue weighted by Crippen LogP contribution is 2.29. The Morgan fingerprint density at radius 3 is 2.73 bits per heavy atom. The molecule has 0 saturated carbocycles. The Morgan fingerprint density at radius 2 is 2.10 bits per heavy atom. The van der Waals surface area contributed by atoms with Gasteiger partial charge in [-0.3, -0.25) is 9.78 Å². The second-order valence-electron chi connectivity index (χ2n) is 6.67. The van der Waals surface area contributed by atoms with Gasteiger partial charge in [-0.15, -0.1) is 0 Å².